The van der Waals surface area contributed by atoms with Gasteiger partial charge >= 0.3 is 0 Å². The van der Waals surface area contributed by atoms with Crippen molar-refractivity contribution in [1.29, 1.82) is 0 Å². The number of thiazole rings is 1. The van der Waals surface area contributed by atoms with Crippen LogP contribution in [0.4, 0.5) is 0 Å². The molecule has 1 amide bonds. The highest BCUT2D eigenvalue weighted by atomic mass is 127. The summed E-state index contributed by atoms with van der Waals surface area (Å²) in [5.41, 5.74) is 5.34. The molecule has 8 heteroatoms. The number of primary amides is 1. The van der Waals surface area contributed by atoms with E-state index in [9.17, 15) is 4.79 Å². The van der Waals surface area contributed by atoms with Crippen LogP contribution in [0, 0.1) is 12.8 Å². The lowest BCUT2D eigenvalue weighted by molar-refractivity contribution is -0.119. The minimum atomic E-state index is -0.210. The fourth-order valence-corrected chi connectivity index (χ4v) is 3.68. The molecule has 3 N–H and O–H groups in total. The first kappa shape index (κ1) is 21.1. The number of aryl methyl sites for hydroxylation is 1. The van der Waals surface area contributed by atoms with E-state index >= 15 is 0 Å². The molecular weight excluding hydrogens is 437 g/mol. The van der Waals surface area contributed by atoms with Crippen molar-refractivity contribution in [2.75, 3.05) is 26.2 Å². The molecule has 136 valence electrons. The number of hydrogen-bond donors (Lipinski definition) is 2. The monoisotopic (exact) mass is 465 g/mol. The third-order valence-corrected chi connectivity index (χ3v) is 4.87. The molecule has 1 fully saturated rings. The standard InChI is InChI=1S/C16H27N5OS.HI/c1-3-18-16(19-7-6-15-20-10-12(2)23-15)21-8-4-5-13(11-21)9-14(17)22;/h10,13H,3-9,11H2,1-2H3,(H2,17,22)(H,18,19);1H. The number of nitrogens with one attached hydrogen (secondary N) is 1. The summed E-state index contributed by atoms with van der Waals surface area (Å²) in [6.45, 7) is 7.55. The minimum absolute atomic E-state index is 0. The molecule has 1 atom stereocenters. The highest BCUT2D eigenvalue weighted by Crippen LogP contribution is 2.19. The lowest BCUT2D eigenvalue weighted by atomic mass is 9.95. The van der Waals surface area contributed by atoms with Crippen molar-refractivity contribution in [2.45, 2.75) is 39.5 Å². The van der Waals surface area contributed by atoms with E-state index < -0.39 is 0 Å². The third-order valence-electron chi connectivity index (χ3n) is 3.90. The van der Waals surface area contributed by atoms with Gasteiger partial charge < -0.3 is 16.0 Å². The molecule has 0 saturated carbocycles. The first-order valence-electron chi connectivity index (χ1n) is 8.31. The Hall–Kier alpha value is -0.900. The molecule has 1 aromatic rings. The van der Waals surface area contributed by atoms with Crippen molar-refractivity contribution < 1.29 is 4.79 Å². The van der Waals surface area contributed by atoms with Crippen molar-refractivity contribution in [1.82, 2.24) is 15.2 Å². The fourth-order valence-electron chi connectivity index (χ4n) is 2.91. The average Bonchev–Trinajstić information content (AvgIpc) is 2.91. The average molecular weight is 465 g/mol. The number of rotatable bonds is 6. The Morgan fingerprint density at radius 3 is 3.00 bits per heavy atom. The number of amides is 1. The number of halogens is 1. The van der Waals surface area contributed by atoms with Crippen LogP contribution in [0.2, 0.25) is 0 Å². The van der Waals surface area contributed by atoms with E-state index in [1.165, 1.54) is 4.88 Å². The largest absolute Gasteiger partial charge is 0.370 e. The van der Waals surface area contributed by atoms with E-state index in [0.717, 1.165) is 56.4 Å². The molecule has 1 aliphatic heterocycles. The first-order valence-corrected chi connectivity index (χ1v) is 9.13. The molecular formula is C16H28IN5OS. The number of nitrogens with zero attached hydrogens (tertiary/aromatic N) is 3. The topological polar surface area (TPSA) is 83.6 Å². The lowest BCUT2D eigenvalue weighted by Gasteiger charge is -2.34. The summed E-state index contributed by atoms with van der Waals surface area (Å²) in [5, 5.41) is 4.49. The highest BCUT2D eigenvalue weighted by molar-refractivity contribution is 14.0. The number of carbonyl (C=O) groups is 1. The van der Waals surface area contributed by atoms with Gasteiger partial charge in [-0.15, -0.1) is 35.3 Å². The number of aromatic nitrogens is 1. The van der Waals surface area contributed by atoms with Gasteiger partial charge in [0.05, 0.1) is 5.01 Å². The molecule has 1 unspecified atom stereocenters. The van der Waals surface area contributed by atoms with Gasteiger partial charge in [0.15, 0.2) is 5.96 Å². The summed E-state index contributed by atoms with van der Waals surface area (Å²) in [7, 11) is 0. The SMILES string of the molecule is CCNC(=NCCc1ncc(C)s1)N1CCCC(CC(N)=O)C1.I. The van der Waals surface area contributed by atoms with Gasteiger partial charge in [-0.2, -0.15) is 0 Å². The van der Waals surface area contributed by atoms with Crippen LogP contribution in [0.25, 0.3) is 0 Å². The second kappa shape index (κ2) is 10.9. The zero-order valence-corrected chi connectivity index (χ0v) is 17.6. The zero-order chi connectivity index (χ0) is 16.7. The number of aliphatic imine (C=N–C) groups is 1. The third kappa shape index (κ3) is 6.92. The summed E-state index contributed by atoms with van der Waals surface area (Å²) in [6, 6.07) is 0. The number of hydrogen-bond acceptors (Lipinski definition) is 4. The van der Waals surface area contributed by atoms with Gasteiger partial charge in [0.25, 0.3) is 0 Å². The normalized spacial score (nSPS) is 18.2. The van der Waals surface area contributed by atoms with Crippen LogP contribution in [-0.2, 0) is 11.2 Å². The maximum absolute atomic E-state index is 11.2. The number of nitrogens with two attached hydrogens (primary N) is 1. The van der Waals surface area contributed by atoms with Crippen LogP contribution < -0.4 is 11.1 Å². The Morgan fingerprint density at radius 1 is 1.58 bits per heavy atom. The Bertz CT molecular complexity index is 548. The molecule has 1 saturated heterocycles. The first-order chi connectivity index (χ1) is 11.1. The van der Waals surface area contributed by atoms with Crippen LogP contribution in [-0.4, -0.2) is 47.9 Å². The van der Waals surface area contributed by atoms with E-state index in [-0.39, 0.29) is 29.9 Å². The van der Waals surface area contributed by atoms with E-state index in [0.29, 0.717) is 12.3 Å². The van der Waals surface area contributed by atoms with E-state index in [2.05, 4.69) is 29.0 Å². The molecule has 2 rings (SSSR count). The molecule has 1 aromatic heterocycles. The summed E-state index contributed by atoms with van der Waals surface area (Å²) in [4.78, 5) is 23.8. The number of likely N-dealkylation sites (tertiary alicyclic amines) is 1. The molecule has 2 heterocycles. The maximum Gasteiger partial charge on any atom is 0.217 e. The van der Waals surface area contributed by atoms with E-state index in [1.54, 1.807) is 11.3 Å². The lowest BCUT2D eigenvalue weighted by Crippen LogP contribution is -2.47. The van der Waals surface area contributed by atoms with Crippen molar-refractivity contribution in [3.63, 3.8) is 0 Å². The molecule has 0 aliphatic carbocycles. The Labute approximate surface area is 165 Å². The summed E-state index contributed by atoms with van der Waals surface area (Å²) in [5.74, 6) is 1.07. The van der Waals surface area contributed by atoms with Crippen molar-refractivity contribution >= 4 is 47.2 Å². The summed E-state index contributed by atoms with van der Waals surface area (Å²) >= 11 is 1.73. The number of carbonyl (C=O) groups excluding carboxylic acids is 1. The molecule has 0 bridgehead atoms. The summed E-state index contributed by atoms with van der Waals surface area (Å²) < 4.78 is 0. The Kier molecular flexibility index (Phi) is 9.57. The maximum atomic E-state index is 11.2. The minimum Gasteiger partial charge on any atom is -0.370 e. The van der Waals surface area contributed by atoms with Gasteiger partial charge in [0.1, 0.15) is 0 Å². The Morgan fingerprint density at radius 2 is 2.38 bits per heavy atom. The zero-order valence-electron chi connectivity index (χ0n) is 14.5. The summed E-state index contributed by atoms with van der Waals surface area (Å²) in [6.07, 6.45) is 5.39. The highest BCUT2D eigenvalue weighted by Gasteiger charge is 2.23. The predicted molar refractivity (Wildman–Crippen MR) is 110 cm³/mol. The van der Waals surface area contributed by atoms with Gasteiger partial charge in [-0.25, -0.2) is 4.98 Å². The number of piperidine rings is 1. The fraction of sp³-hybridized carbons (Fsp3) is 0.688. The second-order valence-electron chi connectivity index (χ2n) is 5.98. The van der Waals surface area contributed by atoms with Crippen LogP contribution in [0.15, 0.2) is 11.2 Å². The molecule has 24 heavy (non-hydrogen) atoms. The molecule has 0 aromatic carbocycles. The van der Waals surface area contributed by atoms with Gasteiger partial charge in [0.2, 0.25) is 5.91 Å². The predicted octanol–water partition coefficient (Wildman–Crippen LogP) is 2.16. The van der Waals surface area contributed by atoms with E-state index in [4.69, 9.17) is 10.7 Å². The molecule has 1 aliphatic rings. The van der Waals surface area contributed by atoms with Gasteiger partial charge in [-0.3, -0.25) is 9.79 Å². The van der Waals surface area contributed by atoms with Gasteiger partial charge in [-0.05, 0) is 32.6 Å². The van der Waals surface area contributed by atoms with Crippen LogP contribution in [0.5, 0.6) is 0 Å². The Balaban J connectivity index is 0.00000288. The van der Waals surface area contributed by atoms with Gasteiger partial charge in [-0.1, -0.05) is 0 Å². The van der Waals surface area contributed by atoms with Crippen LogP contribution >= 0.6 is 35.3 Å². The van der Waals surface area contributed by atoms with Crippen molar-refractivity contribution in [3.8, 4) is 0 Å². The molecule has 0 radical (unpaired) electrons. The molecule has 0 spiro atoms. The van der Waals surface area contributed by atoms with Crippen LogP contribution in [0.3, 0.4) is 0 Å². The second-order valence-corrected chi connectivity index (χ2v) is 7.29. The molecule has 6 nitrogen and oxygen atoms in total. The van der Waals surface area contributed by atoms with E-state index in [1.807, 2.05) is 6.20 Å². The van der Waals surface area contributed by atoms with Crippen molar-refractivity contribution in [3.05, 3.63) is 16.1 Å². The van der Waals surface area contributed by atoms with Gasteiger partial charge in [0, 0.05) is 50.1 Å². The smallest absolute Gasteiger partial charge is 0.217 e. The number of guanidine groups is 1. The van der Waals surface area contributed by atoms with Crippen molar-refractivity contribution in [2.24, 2.45) is 16.6 Å². The quantitative estimate of drug-likeness (QED) is 0.383. The van der Waals surface area contributed by atoms with Crippen LogP contribution in [0.1, 0.15) is 36.1 Å².